The molecule has 0 bridgehead atoms. The third-order valence-electron chi connectivity index (χ3n) is 0.762. The largest absolute Gasteiger partial charge is 0.198 e. The van der Waals surface area contributed by atoms with Gasteiger partial charge in [-0.25, -0.2) is 0 Å². The summed E-state index contributed by atoms with van der Waals surface area (Å²) in [6, 6.07) is 3.77. The van der Waals surface area contributed by atoms with Gasteiger partial charge in [0.25, 0.3) is 0 Å². The number of hydrogen-bond donors (Lipinski definition) is 0. The zero-order valence-electron chi connectivity index (χ0n) is 4.68. The van der Waals surface area contributed by atoms with E-state index in [-0.39, 0.29) is 6.42 Å². The zero-order valence-corrected chi connectivity index (χ0v) is 4.68. The molecule has 0 aliphatic heterocycles. The number of nitriles is 2. The predicted octanol–water partition coefficient (Wildman–Crippen LogP) is 1.37. The molecule has 0 amide bonds. The van der Waals surface area contributed by atoms with Crippen molar-refractivity contribution < 1.29 is 0 Å². The second-order valence-corrected chi connectivity index (χ2v) is 1.26. The van der Waals surface area contributed by atoms with Gasteiger partial charge in [-0.1, -0.05) is 6.08 Å². The van der Waals surface area contributed by atoms with Crippen molar-refractivity contribution in [3.8, 4) is 12.1 Å². The smallest absolute Gasteiger partial charge is 0.0954 e. The van der Waals surface area contributed by atoms with Crippen molar-refractivity contribution in [1.29, 1.82) is 10.5 Å². The Kier molecular flexibility index (Phi) is 3.27. The molecule has 0 spiro atoms. The van der Waals surface area contributed by atoms with E-state index in [9.17, 15) is 0 Å². The van der Waals surface area contributed by atoms with E-state index in [0.29, 0.717) is 5.57 Å². The van der Waals surface area contributed by atoms with Crippen LogP contribution < -0.4 is 0 Å². The monoisotopic (exact) mass is 106 g/mol. The van der Waals surface area contributed by atoms with Crippen molar-refractivity contribution in [3.05, 3.63) is 11.6 Å². The molecule has 0 radical (unpaired) electrons. The molecule has 0 aromatic rings. The van der Waals surface area contributed by atoms with Crippen LogP contribution in [0.1, 0.15) is 13.3 Å². The molecule has 0 heterocycles. The molecule has 0 atom stereocenters. The molecule has 0 N–H and O–H groups in total. The second kappa shape index (κ2) is 3.89. The van der Waals surface area contributed by atoms with Crippen molar-refractivity contribution >= 4 is 0 Å². The minimum Gasteiger partial charge on any atom is -0.198 e. The number of nitrogens with zero attached hydrogens (tertiary/aromatic N) is 2. The third kappa shape index (κ3) is 2.00. The summed E-state index contributed by atoms with van der Waals surface area (Å²) in [6.45, 7) is 1.75. The molecule has 0 aliphatic carbocycles. The van der Waals surface area contributed by atoms with Gasteiger partial charge in [0.2, 0.25) is 0 Å². The lowest BCUT2D eigenvalue weighted by Gasteiger charge is -1.79. The zero-order chi connectivity index (χ0) is 6.41. The predicted molar refractivity (Wildman–Crippen MR) is 29.6 cm³/mol. The molecule has 0 unspecified atom stereocenters. The summed E-state index contributed by atoms with van der Waals surface area (Å²) in [5.41, 5.74) is 0.535. The molecule has 0 saturated heterocycles. The van der Waals surface area contributed by atoms with Gasteiger partial charge < -0.3 is 0 Å². The number of hydrogen-bond acceptors (Lipinski definition) is 2. The van der Waals surface area contributed by atoms with Crippen molar-refractivity contribution in [1.82, 2.24) is 0 Å². The van der Waals surface area contributed by atoms with Gasteiger partial charge in [0.05, 0.1) is 18.6 Å². The van der Waals surface area contributed by atoms with Crippen molar-refractivity contribution in [3.63, 3.8) is 0 Å². The Balaban J connectivity index is 3.83. The van der Waals surface area contributed by atoms with Crippen LogP contribution in [0.25, 0.3) is 0 Å². The first-order valence-corrected chi connectivity index (χ1v) is 2.27. The Bertz CT molecular complexity index is 166. The molecule has 2 heteroatoms. The van der Waals surface area contributed by atoms with E-state index in [1.54, 1.807) is 13.0 Å². The van der Waals surface area contributed by atoms with Crippen molar-refractivity contribution in [2.75, 3.05) is 0 Å². The molecular formula is C6H6N2. The van der Waals surface area contributed by atoms with Crippen LogP contribution in [0.3, 0.4) is 0 Å². The lowest BCUT2D eigenvalue weighted by Crippen LogP contribution is -1.71. The molecule has 8 heavy (non-hydrogen) atoms. The lowest BCUT2D eigenvalue weighted by molar-refractivity contribution is 1.26. The van der Waals surface area contributed by atoms with E-state index in [1.807, 2.05) is 12.1 Å². The highest BCUT2D eigenvalue weighted by atomic mass is 14.3. The van der Waals surface area contributed by atoms with Crippen LogP contribution in [0.4, 0.5) is 0 Å². The van der Waals surface area contributed by atoms with E-state index in [4.69, 9.17) is 10.5 Å². The van der Waals surface area contributed by atoms with Gasteiger partial charge in [-0.15, -0.1) is 0 Å². The number of allylic oxidation sites excluding steroid dienone is 2. The van der Waals surface area contributed by atoms with E-state index in [1.165, 1.54) is 0 Å². The van der Waals surface area contributed by atoms with Crippen LogP contribution in [0.5, 0.6) is 0 Å². The Morgan fingerprint density at radius 1 is 1.62 bits per heavy atom. The molecule has 0 rings (SSSR count). The fourth-order valence-electron chi connectivity index (χ4n) is 0.291. The van der Waals surface area contributed by atoms with E-state index in [0.717, 1.165) is 0 Å². The Morgan fingerprint density at radius 3 is 2.38 bits per heavy atom. The second-order valence-electron chi connectivity index (χ2n) is 1.26. The average Bonchev–Trinajstić information content (AvgIpc) is 1.83. The third-order valence-corrected chi connectivity index (χ3v) is 0.762. The minimum absolute atomic E-state index is 0.229. The van der Waals surface area contributed by atoms with Gasteiger partial charge in [0.1, 0.15) is 0 Å². The maximum Gasteiger partial charge on any atom is 0.0954 e. The first kappa shape index (κ1) is 6.72. The van der Waals surface area contributed by atoms with Crippen LogP contribution in [-0.2, 0) is 0 Å². The van der Waals surface area contributed by atoms with Crippen LogP contribution in [-0.4, -0.2) is 0 Å². The maximum atomic E-state index is 8.19. The first-order chi connectivity index (χ1) is 3.85. The summed E-state index contributed by atoms with van der Waals surface area (Å²) in [6.07, 6.45) is 1.87. The van der Waals surface area contributed by atoms with Crippen LogP contribution in [0, 0.1) is 22.7 Å². The van der Waals surface area contributed by atoms with Crippen LogP contribution in [0.2, 0.25) is 0 Å². The van der Waals surface area contributed by atoms with Crippen molar-refractivity contribution in [2.24, 2.45) is 0 Å². The average molecular weight is 106 g/mol. The highest BCUT2D eigenvalue weighted by molar-refractivity contribution is 5.22. The fraction of sp³-hybridized carbons (Fsp3) is 0.333. The van der Waals surface area contributed by atoms with Gasteiger partial charge in [0, 0.05) is 5.57 Å². The molecule has 0 saturated carbocycles. The summed E-state index contributed by atoms with van der Waals surface area (Å²) in [5, 5.41) is 16.2. The molecule has 40 valence electrons. The van der Waals surface area contributed by atoms with Gasteiger partial charge in [-0.05, 0) is 6.92 Å². The summed E-state index contributed by atoms with van der Waals surface area (Å²) in [5.74, 6) is 0. The highest BCUT2D eigenvalue weighted by Gasteiger charge is 1.87. The van der Waals surface area contributed by atoms with Gasteiger partial charge in [-0.2, -0.15) is 10.5 Å². The minimum atomic E-state index is 0.229. The SMILES string of the molecule is CC=C(C#N)CC#N. The maximum absolute atomic E-state index is 8.19. The summed E-state index contributed by atoms with van der Waals surface area (Å²) in [7, 11) is 0. The first-order valence-electron chi connectivity index (χ1n) is 2.27. The molecule has 2 nitrogen and oxygen atoms in total. The standard InChI is InChI=1S/C6H6N2/c1-2-6(5-8)3-4-7/h2H,3H2,1H3. The summed E-state index contributed by atoms with van der Waals surface area (Å²) < 4.78 is 0. The molecule has 0 aromatic carbocycles. The normalized spacial score (nSPS) is 9.62. The Morgan fingerprint density at radius 2 is 2.25 bits per heavy atom. The molecule has 0 aromatic heterocycles. The van der Waals surface area contributed by atoms with Gasteiger partial charge >= 0.3 is 0 Å². The lowest BCUT2D eigenvalue weighted by atomic mass is 10.2. The van der Waals surface area contributed by atoms with E-state index in [2.05, 4.69) is 0 Å². The topological polar surface area (TPSA) is 47.6 Å². The summed E-state index contributed by atoms with van der Waals surface area (Å²) in [4.78, 5) is 0. The highest BCUT2D eigenvalue weighted by Crippen LogP contribution is 1.94. The fourth-order valence-corrected chi connectivity index (χ4v) is 0.291. The van der Waals surface area contributed by atoms with Crippen LogP contribution in [0.15, 0.2) is 11.6 Å². The number of rotatable bonds is 1. The molecule has 0 aliphatic rings. The van der Waals surface area contributed by atoms with E-state index >= 15 is 0 Å². The molecular weight excluding hydrogens is 100 g/mol. The van der Waals surface area contributed by atoms with Gasteiger partial charge in [-0.3, -0.25) is 0 Å². The van der Waals surface area contributed by atoms with Crippen LogP contribution >= 0.6 is 0 Å². The Hall–Kier alpha value is -1.28. The van der Waals surface area contributed by atoms with Crippen molar-refractivity contribution in [2.45, 2.75) is 13.3 Å². The Labute approximate surface area is 48.7 Å². The summed E-state index contributed by atoms with van der Waals surface area (Å²) >= 11 is 0. The molecule has 0 fully saturated rings. The van der Waals surface area contributed by atoms with Gasteiger partial charge in [0.15, 0.2) is 0 Å². The quantitative estimate of drug-likeness (QED) is 0.474. The van der Waals surface area contributed by atoms with E-state index < -0.39 is 0 Å².